The Balaban J connectivity index is 1.66. The monoisotopic (exact) mass is 374 g/mol. The molecule has 0 bridgehead atoms. The van der Waals surface area contributed by atoms with Crippen LogP contribution in [0.25, 0.3) is 10.9 Å². The van der Waals surface area contributed by atoms with E-state index in [4.69, 9.17) is 0 Å². The average Bonchev–Trinajstić information content (AvgIpc) is 3.37. The molecule has 1 fully saturated rings. The highest BCUT2D eigenvalue weighted by atomic mass is 19.4. The molecular weight excluding hydrogens is 357 g/mol. The number of benzene rings is 1. The van der Waals surface area contributed by atoms with Crippen LogP contribution in [0.2, 0.25) is 0 Å². The fourth-order valence-electron chi connectivity index (χ4n) is 3.06. The number of alkyl halides is 3. The molecule has 3 aromatic rings. The number of pyridine rings is 1. The largest absolute Gasteiger partial charge is 0.416 e. The minimum atomic E-state index is -4.38. The number of fused-ring (bicyclic) bond motifs is 1. The zero-order valence-corrected chi connectivity index (χ0v) is 14.5. The summed E-state index contributed by atoms with van der Waals surface area (Å²) in [7, 11) is 0. The number of nitrogens with zero attached hydrogens (tertiary/aromatic N) is 3. The standard InChI is InChI=1S/C19H17F3N4O/c1-18(5-6-18)26-10-14-15(8-16(26)27)24-11-25-17(14)23-9-12-3-2-4-13(7-12)19(20,21)22/h2-4,7-8,10-11H,5-6,9H2,1H3,(H,23,24,25). The van der Waals surface area contributed by atoms with E-state index in [1.807, 2.05) is 6.92 Å². The average molecular weight is 374 g/mol. The van der Waals surface area contributed by atoms with Crippen molar-refractivity contribution in [2.75, 3.05) is 5.32 Å². The summed E-state index contributed by atoms with van der Waals surface area (Å²) in [4.78, 5) is 20.7. The Morgan fingerprint density at radius 2 is 2.00 bits per heavy atom. The van der Waals surface area contributed by atoms with Gasteiger partial charge in [-0.1, -0.05) is 12.1 Å². The molecule has 1 N–H and O–H groups in total. The summed E-state index contributed by atoms with van der Waals surface area (Å²) in [6, 6.07) is 6.61. The van der Waals surface area contributed by atoms with Gasteiger partial charge in [0, 0.05) is 24.3 Å². The Morgan fingerprint density at radius 1 is 1.22 bits per heavy atom. The van der Waals surface area contributed by atoms with Crippen LogP contribution in [0.3, 0.4) is 0 Å². The van der Waals surface area contributed by atoms with Crippen LogP contribution in [0.5, 0.6) is 0 Å². The predicted molar refractivity (Wildman–Crippen MR) is 95.5 cm³/mol. The van der Waals surface area contributed by atoms with Gasteiger partial charge in [0.2, 0.25) is 0 Å². The van der Waals surface area contributed by atoms with Gasteiger partial charge in [-0.05, 0) is 37.5 Å². The number of hydrogen-bond donors (Lipinski definition) is 1. The second kappa shape index (κ2) is 6.07. The highest BCUT2D eigenvalue weighted by Gasteiger charge is 2.40. The van der Waals surface area contributed by atoms with Crippen molar-refractivity contribution in [3.63, 3.8) is 0 Å². The molecule has 27 heavy (non-hydrogen) atoms. The molecule has 2 aromatic heterocycles. The second-order valence-electron chi connectivity index (χ2n) is 7.05. The Kier molecular flexibility index (Phi) is 3.94. The van der Waals surface area contributed by atoms with Crippen molar-refractivity contribution in [3.05, 3.63) is 64.3 Å². The zero-order chi connectivity index (χ0) is 19.2. The fraction of sp³-hybridized carbons (Fsp3) is 0.316. The third-order valence-corrected chi connectivity index (χ3v) is 4.94. The van der Waals surface area contributed by atoms with Crippen molar-refractivity contribution in [1.29, 1.82) is 0 Å². The van der Waals surface area contributed by atoms with E-state index < -0.39 is 11.7 Å². The number of hydrogen-bond acceptors (Lipinski definition) is 4. The van der Waals surface area contributed by atoms with Crippen LogP contribution in [-0.2, 0) is 18.3 Å². The van der Waals surface area contributed by atoms with E-state index in [2.05, 4.69) is 15.3 Å². The molecular formula is C19H17F3N4O. The number of anilines is 1. The second-order valence-corrected chi connectivity index (χ2v) is 7.05. The van der Waals surface area contributed by atoms with E-state index in [9.17, 15) is 18.0 Å². The van der Waals surface area contributed by atoms with Crippen LogP contribution in [-0.4, -0.2) is 14.5 Å². The fourth-order valence-corrected chi connectivity index (χ4v) is 3.06. The first-order valence-electron chi connectivity index (χ1n) is 8.54. The Bertz CT molecular complexity index is 1070. The Hall–Kier alpha value is -2.90. The van der Waals surface area contributed by atoms with Crippen molar-refractivity contribution < 1.29 is 13.2 Å². The summed E-state index contributed by atoms with van der Waals surface area (Å²) in [5.74, 6) is 0.482. The van der Waals surface area contributed by atoms with Crippen LogP contribution in [0.1, 0.15) is 30.9 Å². The molecule has 8 heteroatoms. The summed E-state index contributed by atoms with van der Waals surface area (Å²) < 4.78 is 40.3. The SMILES string of the molecule is CC1(n2cc3c(NCc4cccc(C(F)(F)F)c4)ncnc3cc2=O)CC1. The summed E-state index contributed by atoms with van der Waals surface area (Å²) >= 11 is 0. The van der Waals surface area contributed by atoms with Gasteiger partial charge in [-0.25, -0.2) is 9.97 Å². The summed E-state index contributed by atoms with van der Waals surface area (Å²) in [6.45, 7) is 2.19. The predicted octanol–water partition coefficient (Wildman–Crippen LogP) is 3.93. The van der Waals surface area contributed by atoms with Gasteiger partial charge in [0.05, 0.1) is 16.5 Å². The minimum absolute atomic E-state index is 0.120. The molecule has 0 atom stereocenters. The van der Waals surface area contributed by atoms with E-state index in [0.717, 1.165) is 25.0 Å². The number of aromatic nitrogens is 3. The number of nitrogens with one attached hydrogen (secondary N) is 1. The lowest BCUT2D eigenvalue weighted by atomic mass is 10.1. The third kappa shape index (κ3) is 3.39. The van der Waals surface area contributed by atoms with E-state index in [-0.39, 0.29) is 17.6 Å². The maximum absolute atomic E-state index is 12.9. The van der Waals surface area contributed by atoms with Gasteiger partial charge < -0.3 is 9.88 Å². The topological polar surface area (TPSA) is 59.8 Å². The van der Waals surface area contributed by atoms with Gasteiger partial charge in [-0.2, -0.15) is 13.2 Å². The number of halogens is 3. The van der Waals surface area contributed by atoms with Crippen molar-refractivity contribution in [1.82, 2.24) is 14.5 Å². The molecule has 0 saturated heterocycles. The van der Waals surface area contributed by atoms with E-state index in [1.54, 1.807) is 16.8 Å². The lowest BCUT2D eigenvalue weighted by Crippen LogP contribution is -2.27. The lowest BCUT2D eigenvalue weighted by molar-refractivity contribution is -0.137. The molecule has 0 aliphatic heterocycles. The van der Waals surface area contributed by atoms with Crippen LogP contribution in [0, 0.1) is 0 Å². The van der Waals surface area contributed by atoms with Crippen LogP contribution < -0.4 is 10.9 Å². The van der Waals surface area contributed by atoms with Gasteiger partial charge in [-0.15, -0.1) is 0 Å². The summed E-state index contributed by atoms with van der Waals surface area (Å²) in [6.07, 6.45) is 0.546. The lowest BCUT2D eigenvalue weighted by Gasteiger charge is -2.15. The van der Waals surface area contributed by atoms with Crippen molar-refractivity contribution in [3.8, 4) is 0 Å². The van der Waals surface area contributed by atoms with E-state index in [1.165, 1.54) is 18.5 Å². The molecule has 0 spiro atoms. The quantitative estimate of drug-likeness (QED) is 0.752. The molecule has 1 saturated carbocycles. The van der Waals surface area contributed by atoms with Gasteiger partial charge >= 0.3 is 6.18 Å². The first-order valence-corrected chi connectivity index (χ1v) is 8.54. The van der Waals surface area contributed by atoms with Gasteiger partial charge in [0.25, 0.3) is 5.56 Å². The minimum Gasteiger partial charge on any atom is -0.365 e. The molecule has 140 valence electrons. The van der Waals surface area contributed by atoms with Crippen LogP contribution in [0.15, 0.2) is 47.7 Å². The molecule has 1 aliphatic carbocycles. The third-order valence-electron chi connectivity index (χ3n) is 4.94. The van der Waals surface area contributed by atoms with Crippen molar-refractivity contribution in [2.45, 2.75) is 38.0 Å². The van der Waals surface area contributed by atoms with E-state index >= 15 is 0 Å². The Morgan fingerprint density at radius 3 is 2.70 bits per heavy atom. The van der Waals surface area contributed by atoms with Crippen molar-refractivity contribution >= 4 is 16.7 Å². The van der Waals surface area contributed by atoms with Gasteiger partial charge in [0.1, 0.15) is 12.1 Å². The highest BCUT2D eigenvalue weighted by molar-refractivity contribution is 5.87. The normalized spacial score (nSPS) is 15.7. The summed E-state index contributed by atoms with van der Waals surface area (Å²) in [5.41, 5.74) is -0.00430. The van der Waals surface area contributed by atoms with Crippen LogP contribution >= 0.6 is 0 Å². The molecule has 1 aromatic carbocycles. The smallest absolute Gasteiger partial charge is 0.365 e. The van der Waals surface area contributed by atoms with Gasteiger partial charge in [-0.3, -0.25) is 4.79 Å². The highest BCUT2D eigenvalue weighted by Crippen LogP contribution is 2.42. The summed E-state index contributed by atoms with van der Waals surface area (Å²) in [5, 5.41) is 3.73. The maximum atomic E-state index is 12.9. The van der Waals surface area contributed by atoms with Crippen LogP contribution in [0.4, 0.5) is 19.0 Å². The van der Waals surface area contributed by atoms with Gasteiger partial charge in [0.15, 0.2) is 0 Å². The zero-order valence-electron chi connectivity index (χ0n) is 14.5. The molecule has 5 nitrogen and oxygen atoms in total. The molecule has 1 aliphatic rings. The van der Waals surface area contributed by atoms with E-state index in [0.29, 0.717) is 22.3 Å². The van der Waals surface area contributed by atoms with Crippen molar-refractivity contribution in [2.24, 2.45) is 0 Å². The molecule has 0 amide bonds. The molecule has 0 unspecified atom stereocenters. The first kappa shape index (κ1) is 17.5. The Labute approximate surface area is 152 Å². The molecule has 4 rings (SSSR count). The number of rotatable bonds is 4. The maximum Gasteiger partial charge on any atom is 0.416 e. The molecule has 2 heterocycles. The first-order chi connectivity index (χ1) is 12.8. The molecule has 0 radical (unpaired) electrons.